The van der Waals surface area contributed by atoms with Crippen molar-refractivity contribution in [2.24, 2.45) is 0 Å². The first-order valence-corrected chi connectivity index (χ1v) is 9.25. The number of anilines is 3. The third-order valence-corrected chi connectivity index (χ3v) is 4.58. The fraction of sp³-hybridized carbons (Fsp3) is 0.278. The van der Waals surface area contributed by atoms with Crippen LogP contribution in [0.2, 0.25) is 0 Å². The summed E-state index contributed by atoms with van der Waals surface area (Å²) in [5.74, 6) is 0.737. The molecule has 1 aromatic carbocycles. The highest BCUT2D eigenvalue weighted by Gasteiger charge is 2.20. The maximum Gasteiger partial charge on any atom is 0.324 e. The predicted molar refractivity (Wildman–Crippen MR) is 107 cm³/mol. The van der Waals surface area contributed by atoms with Crippen LogP contribution in [0.5, 0.6) is 0 Å². The number of carbonyl (C=O) groups excluding carboxylic acids is 2. The molecular formula is C18H20N6O3S. The Morgan fingerprint density at radius 3 is 2.21 bits per heavy atom. The first-order valence-electron chi connectivity index (χ1n) is 8.48. The molecule has 10 heteroatoms. The lowest BCUT2D eigenvalue weighted by molar-refractivity contribution is 0.103. The average Bonchev–Trinajstić information content (AvgIpc) is 3.25. The van der Waals surface area contributed by atoms with E-state index in [4.69, 9.17) is 4.52 Å². The summed E-state index contributed by atoms with van der Waals surface area (Å²) in [7, 11) is 0. The van der Waals surface area contributed by atoms with Crippen LogP contribution in [-0.2, 0) is 5.41 Å². The molecule has 2 heterocycles. The SMILES string of the molecule is Cc1nnsc1C(=O)Nc1ccc(NC(=O)Nc2cc(C(C)(C)C)on2)cc1. The highest BCUT2D eigenvalue weighted by molar-refractivity contribution is 7.08. The quantitative estimate of drug-likeness (QED) is 0.608. The van der Waals surface area contributed by atoms with Gasteiger partial charge in [-0.3, -0.25) is 10.1 Å². The monoisotopic (exact) mass is 400 g/mol. The summed E-state index contributed by atoms with van der Waals surface area (Å²) in [5.41, 5.74) is 1.54. The van der Waals surface area contributed by atoms with E-state index in [1.807, 2.05) is 20.8 Å². The number of aryl methyl sites for hydroxylation is 1. The first kappa shape index (κ1) is 19.5. The van der Waals surface area contributed by atoms with E-state index in [2.05, 4.69) is 30.7 Å². The molecule has 0 saturated carbocycles. The van der Waals surface area contributed by atoms with Gasteiger partial charge in [-0.1, -0.05) is 30.4 Å². The van der Waals surface area contributed by atoms with Crippen molar-refractivity contribution in [3.05, 3.63) is 46.7 Å². The fourth-order valence-electron chi connectivity index (χ4n) is 2.23. The van der Waals surface area contributed by atoms with Gasteiger partial charge < -0.3 is 15.2 Å². The summed E-state index contributed by atoms with van der Waals surface area (Å²) in [5, 5.41) is 15.7. The Balaban J connectivity index is 1.56. The second-order valence-electron chi connectivity index (χ2n) is 7.12. The van der Waals surface area contributed by atoms with E-state index in [1.165, 1.54) is 0 Å². The molecule has 0 aliphatic carbocycles. The third-order valence-electron chi connectivity index (χ3n) is 3.75. The Labute approximate surface area is 165 Å². The Bertz CT molecular complexity index is 987. The summed E-state index contributed by atoms with van der Waals surface area (Å²) in [6, 6.07) is 7.97. The Kier molecular flexibility index (Phi) is 5.41. The molecule has 3 rings (SSSR count). The lowest BCUT2D eigenvalue weighted by Gasteiger charge is -2.12. The Hall–Kier alpha value is -3.27. The van der Waals surface area contributed by atoms with Gasteiger partial charge in [0, 0.05) is 22.9 Å². The van der Waals surface area contributed by atoms with E-state index >= 15 is 0 Å². The summed E-state index contributed by atoms with van der Waals surface area (Å²) in [4.78, 5) is 24.7. The van der Waals surface area contributed by atoms with E-state index in [0.717, 1.165) is 11.5 Å². The zero-order chi connectivity index (χ0) is 20.3. The highest BCUT2D eigenvalue weighted by Crippen LogP contribution is 2.24. The molecule has 0 spiro atoms. The molecule has 0 saturated heterocycles. The molecular weight excluding hydrogens is 380 g/mol. The van der Waals surface area contributed by atoms with Crippen LogP contribution in [0.15, 0.2) is 34.9 Å². The molecule has 9 nitrogen and oxygen atoms in total. The molecule has 146 valence electrons. The molecule has 3 amide bonds. The van der Waals surface area contributed by atoms with Crippen LogP contribution < -0.4 is 16.0 Å². The van der Waals surface area contributed by atoms with Gasteiger partial charge >= 0.3 is 6.03 Å². The molecule has 0 bridgehead atoms. The summed E-state index contributed by atoms with van der Waals surface area (Å²) in [6.07, 6.45) is 0. The number of urea groups is 1. The molecule has 0 aliphatic rings. The lowest BCUT2D eigenvalue weighted by atomic mass is 9.93. The third kappa shape index (κ3) is 4.71. The fourth-order valence-corrected chi connectivity index (χ4v) is 2.78. The molecule has 3 N–H and O–H groups in total. The maximum atomic E-state index is 12.2. The zero-order valence-electron chi connectivity index (χ0n) is 15.9. The number of aromatic nitrogens is 3. The molecule has 0 fully saturated rings. The van der Waals surface area contributed by atoms with Gasteiger partial charge in [-0.15, -0.1) is 5.10 Å². The van der Waals surface area contributed by atoms with Crippen LogP contribution in [0.1, 0.15) is 41.9 Å². The van der Waals surface area contributed by atoms with E-state index in [1.54, 1.807) is 37.3 Å². The van der Waals surface area contributed by atoms with E-state index in [-0.39, 0.29) is 11.3 Å². The van der Waals surface area contributed by atoms with E-state index in [9.17, 15) is 9.59 Å². The molecule has 0 radical (unpaired) electrons. The topological polar surface area (TPSA) is 122 Å². The number of nitrogens with one attached hydrogen (secondary N) is 3. The molecule has 28 heavy (non-hydrogen) atoms. The summed E-state index contributed by atoms with van der Waals surface area (Å²) >= 11 is 1.04. The van der Waals surface area contributed by atoms with Crippen molar-refractivity contribution in [1.29, 1.82) is 0 Å². The van der Waals surface area contributed by atoms with Crippen LogP contribution in [-0.4, -0.2) is 26.7 Å². The molecule has 0 atom stereocenters. The Morgan fingerprint density at radius 2 is 1.68 bits per heavy atom. The van der Waals surface area contributed by atoms with Crippen LogP contribution in [0.4, 0.5) is 22.0 Å². The zero-order valence-corrected chi connectivity index (χ0v) is 16.7. The number of amides is 3. The van der Waals surface area contributed by atoms with Crippen molar-refractivity contribution in [3.63, 3.8) is 0 Å². The van der Waals surface area contributed by atoms with Gasteiger partial charge in [-0.2, -0.15) is 0 Å². The van der Waals surface area contributed by atoms with Crippen molar-refractivity contribution >= 4 is 40.7 Å². The van der Waals surface area contributed by atoms with Crippen LogP contribution in [0.25, 0.3) is 0 Å². The Morgan fingerprint density at radius 1 is 1.04 bits per heavy atom. The first-order chi connectivity index (χ1) is 13.2. The van der Waals surface area contributed by atoms with Crippen LogP contribution in [0, 0.1) is 6.92 Å². The standard InChI is InChI=1S/C18H20N6O3S/c1-10-15(28-24-22-10)16(25)19-11-5-7-12(8-6-11)20-17(26)21-14-9-13(27-23-14)18(2,3)4/h5-9H,1-4H3,(H,19,25)(H2,20,21,23,26). The number of benzene rings is 1. The normalized spacial score (nSPS) is 11.1. The van der Waals surface area contributed by atoms with Gasteiger partial charge in [0.1, 0.15) is 10.6 Å². The van der Waals surface area contributed by atoms with Gasteiger partial charge in [-0.05, 0) is 42.7 Å². The van der Waals surface area contributed by atoms with Crippen LogP contribution >= 0.6 is 11.5 Å². The van der Waals surface area contributed by atoms with Crippen molar-refractivity contribution < 1.29 is 14.1 Å². The van der Waals surface area contributed by atoms with Gasteiger partial charge in [0.25, 0.3) is 5.91 Å². The van der Waals surface area contributed by atoms with Crippen LogP contribution in [0.3, 0.4) is 0 Å². The minimum absolute atomic E-state index is 0.197. The second-order valence-corrected chi connectivity index (χ2v) is 7.88. The van der Waals surface area contributed by atoms with Crippen molar-refractivity contribution in [3.8, 4) is 0 Å². The second kappa shape index (κ2) is 7.77. The van der Waals surface area contributed by atoms with Crippen molar-refractivity contribution in [1.82, 2.24) is 14.7 Å². The summed E-state index contributed by atoms with van der Waals surface area (Å²) < 4.78 is 8.98. The molecule has 3 aromatic rings. The lowest BCUT2D eigenvalue weighted by Crippen LogP contribution is -2.19. The van der Waals surface area contributed by atoms with Crippen molar-refractivity contribution in [2.45, 2.75) is 33.1 Å². The molecule has 2 aromatic heterocycles. The van der Waals surface area contributed by atoms with Gasteiger partial charge in [0.2, 0.25) is 0 Å². The highest BCUT2D eigenvalue weighted by atomic mass is 32.1. The minimum Gasteiger partial charge on any atom is -0.359 e. The van der Waals surface area contributed by atoms with Crippen molar-refractivity contribution in [2.75, 3.05) is 16.0 Å². The predicted octanol–water partition coefficient (Wildman–Crippen LogP) is 4.03. The van der Waals surface area contributed by atoms with E-state index < -0.39 is 6.03 Å². The average molecular weight is 400 g/mol. The van der Waals surface area contributed by atoms with Gasteiger partial charge in [-0.25, -0.2) is 4.79 Å². The number of hydrogen-bond acceptors (Lipinski definition) is 7. The van der Waals surface area contributed by atoms with Gasteiger partial charge in [0.15, 0.2) is 5.82 Å². The van der Waals surface area contributed by atoms with E-state index in [0.29, 0.717) is 33.5 Å². The molecule has 0 aliphatic heterocycles. The number of nitrogens with zero attached hydrogens (tertiary/aromatic N) is 3. The smallest absolute Gasteiger partial charge is 0.324 e. The number of hydrogen-bond donors (Lipinski definition) is 3. The largest absolute Gasteiger partial charge is 0.359 e. The van der Waals surface area contributed by atoms with Gasteiger partial charge in [0.05, 0.1) is 5.69 Å². The summed E-state index contributed by atoms with van der Waals surface area (Å²) in [6.45, 7) is 7.70. The number of rotatable bonds is 4. The molecule has 0 unspecified atom stereocenters. The minimum atomic E-state index is -0.447. The maximum absolute atomic E-state index is 12.2. The number of carbonyl (C=O) groups is 2.